The van der Waals surface area contributed by atoms with Gasteiger partial charge in [-0.2, -0.15) is 0 Å². The van der Waals surface area contributed by atoms with Crippen molar-refractivity contribution in [2.75, 3.05) is 17.2 Å². The molecule has 0 saturated heterocycles. The zero-order valence-electron chi connectivity index (χ0n) is 16.7. The fourth-order valence-corrected chi connectivity index (χ4v) is 3.49. The smallest absolute Gasteiger partial charge is 0.251 e. The quantitative estimate of drug-likeness (QED) is 0.696. The van der Waals surface area contributed by atoms with Gasteiger partial charge in [-0.25, -0.2) is 0 Å². The SMILES string of the molecule is Cc1ccc(NC(=O)CNc2cccc(C(=O)NC3CCCCC3)c2)cc1C. The van der Waals surface area contributed by atoms with Gasteiger partial charge in [-0.3, -0.25) is 9.59 Å². The average Bonchev–Trinajstić information content (AvgIpc) is 2.70. The molecule has 1 aliphatic carbocycles. The molecule has 1 saturated carbocycles. The van der Waals surface area contributed by atoms with Crippen LogP contribution in [0.25, 0.3) is 0 Å². The number of hydrogen-bond donors (Lipinski definition) is 3. The van der Waals surface area contributed by atoms with E-state index in [1.54, 1.807) is 12.1 Å². The second-order valence-electron chi connectivity index (χ2n) is 7.59. The minimum atomic E-state index is -0.125. The van der Waals surface area contributed by atoms with E-state index in [0.717, 1.165) is 29.8 Å². The first-order valence-electron chi connectivity index (χ1n) is 10.0. The molecule has 3 rings (SSSR count). The van der Waals surface area contributed by atoms with Crippen LogP contribution in [0.2, 0.25) is 0 Å². The highest BCUT2D eigenvalue weighted by atomic mass is 16.2. The standard InChI is InChI=1S/C23H29N3O2/c1-16-11-12-21(13-17(16)2)25-22(27)15-24-20-10-6-7-18(14-20)23(28)26-19-8-4-3-5-9-19/h6-7,10-14,19,24H,3-5,8-9,15H2,1-2H3,(H,25,27)(H,26,28). The van der Waals surface area contributed by atoms with Crippen LogP contribution in [0.5, 0.6) is 0 Å². The maximum Gasteiger partial charge on any atom is 0.251 e. The van der Waals surface area contributed by atoms with E-state index >= 15 is 0 Å². The molecule has 0 aliphatic heterocycles. The lowest BCUT2D eigenvalue weighted by molar-refractivity contribution is -0.114. The van der Waals surface area contributed by atoms with E-state index in [-0.39, 0.29) is 24.4 Å². The van der Waals surface area contributed by atoms with Crippen LogP contribution in [0.15, 0.2) is 42.5 Å². The third kappa shape index (κ3) is 5.59. The molecule has 5 heteroatoms. The molecule has 3 N–H and O–H groups in total. The highest BCUT2D eigenvalue weighted by Gasteiger charge is 2.16. The van der Waals surface area contributed by atoms with E-state index in [1.165, 1.54) is 24.8 Å². The van der Waals surface area contributed by atoms with Gasteiger partial charge in [-0.15, -0.1) is 0 Å². The number of rotatable bonds is 6. The summed E-state index contributed by atoms with van der Waals surface area (Å²) in [6, 6.07) is 13.4. The number of nitrogens with one attached hydrogen (secondary N) is 3. The Kier molecular flexibility index (Phi) is 6.69. The third-order valence-electron chi connectivity index (χ3n) is 5.31. The normalized spacial score (nSPS) is 14.4. The molecule has 5 nitrogen and oxygen atoms in total. The molecule has 0 unspecified atom stereocenters. The first kappa shape index (κ1) is 19.9. The number of anilines is 2. The second kappa shape index (κ2) is 9.40. The summed E-state index contributed by atoms with van der Waals surface area (Å²) in [6.07, 6.45) is 5.74. The fourth-order valence-electron chi connectivity index (χ4n) is 3.49. The highest BCUT2D eigenvalue weighted by molar-refractivity contribution is 5.96. The minimum absolute atomic E-state index is 0.0462. The van der Waals surface area contributed by atoms with Gasteiger partial charge in [-0.1, -0.05) is 31.4 Å². The van der Waals surface area contributed by atoms with Crippen molar-refractivity contribution in [1.82, 2.24) is 5.32 Å². The van der Waals surface area contributed by atoms with Gasteiger partial charge < -0.3 is 16.0 Å². The summed E-state index contributed by atoms with van der Waals surface area (Å²) in [7, 11) is 0. The first-order chi connectivity index (χ1) is 13.5. The Hall–Kier alpha value is -2.82. The van der Waals surface area contributed by atoms with Crippen molar-refractivity contribution in [3.63, 3.8) is 0 Å². The van der Waals surface area contributed by atoms with Gasteiger partial charge in [0.05, 0.1) is 6.54 Å². The number of carbonyl (C=O) groups is 2. The van der Waals surface area contributed by atoms with Crippen molar-refractivity contribution >= 4 is 23.2 Å². The van der Waals surface area contributed by atoms with Crippen LogP contribution in [0.4, 0.5) is 11.4 Å². The van der Waals surface area contributed by atoms with Gasteiger partial charge in [0.15, 0.2) is 0 Å². The summed E-state index contributed by atoms with van der Waals surface area (Å²) in [5.41, 5.74) is 4.49. The predicted molar refractivity (Wildman–Crippen MR) is 114 cm³/mol. The van der Waals surface area contributed by atoms with Crippen LogP contribution >= 0.6 is 0 Å². The van der Waals surface area contributed by atoms with Crippen molar-refractivity contribution in [1.29, 1.82) is 0 Å². The topological polar surface area (TPSA) is 70.2 Å². The Labute approximate surface area is 166 Å². The monoisotopic (exact) mass is 379 g/mol. The van der Waals surface area contributed by atoms with Gasteiger partial charge in [0, 0.05) is 23.0 Å². The number of carbonyl (C=O) groups excluding carboxylic acids is 2. The molecule has 28 heavy (non-hydrogen) atoms. The minimum Gasteiger partial charge on any atom is -0.376 e. The van der Waals surface area contributed by atoms with Crippen molar-refractivity contribution < 1.29 is 9.59 Å². The molecule has 1 fully saturated rings. The van der Waals surface area contributed by atoms with Crippen LogP contribution in [0.3, 0.4) is 0 Å². The van der Waals surface area contributed by atoms with Gasteiger partial charge in [0.2, 0.25) is 5.91 Å². The molecule has 2 amide bonds. The van der Waals surface area contributed by atoms with E-state index in [2.05, 4.69) is 16.0 Å². The molecule has 0 spiro atoms. The van der Waals surface area contributed by atoms with Crippen molar-refractivity contribution in [3.05, 3.63) is 59.2 Å². The van der Waals surface area contributed by atoms with E-state index in [4.69, 9.17) is 0 Å². The molecule has 0 heterocycles. The number of benzene rings is 2. The fraction of sp³-hybridized carbons (Fsp3) is 0.391. The lowest BCUT2D eigenvalue weighted by Gasteiger charge is -2.22. The average molecular weight is 380 g/mol. The molecule has 0 bridgehead atoms. The molecule has 1 aliphatic rings. The summed E-state index contributed by atoms with van der Waals surface area (Å²) in [5, 5.41) is 9.11. The molecular weight excluding hydrogens is 350 g/mol. The Bertz CT molecular complexity index is 841. The summed E-state index contributed by atoms with van der Waals surface area (Å²) in [6.45, 7) is 4.20. The van der Waals surface area contributed by atoms with Gasteiger partial charge in [0.1, 0.15) is 0 Å². The van der Waals surface area contributed by atoms with Crippen LogP contribution in [0.1, 0.15) is 53.6 Å². The number of amides is 2. The molecule has 2 aromatic rings. The second-order valence-corrected chi connectivity index (χ2v) is 7.59. The van der Waals surface area contributed by atoms with Crippen molar-refractivity contribution in [2.45, 2.75) is 52.0 Å². The molecule has 148 valence electrons. The Morgan fingerprint density at radius 2 is 1.71 bits per heavy atom. The molecule has 0 radical (unpaired) electrons. The molecule has 0 aromatic heterocycles. The van der Waals surface area contributed by atoms with Crippen molar-refractivity contribution in [2.24, 2.45) is 0 Å². The zero-order chi connectivity index (χ0) is 19.9. The van der Waals surface area contributed by atoms with Crippen LogP contribution in [-0.2, 0) is 4.79 Å². The number of aryl methyl sites for hydroxylation is 2. The van der Waals surface area contributed by atoms with Crippen LogP contribution in [0, 0.1) is 13.8 Å². The van der Waals surface area contributed by atoms with E-state index < -0.39 is 0 Å². The Balaban J connectivity index is 1.52. The summed E-state index contributed by atoms with van der Waals surface area (Å²) in [5.74, 6) is -0.171. The van der Waals surface area contributed by atoms with Crippen LogP contribution < -0.4 is 16.0 Å². The molecular formula is C23H29N3O2. The summed E-state index contributed by atoms with van der Waals surface area (Å²) < 4.78 is 0. The van der Waals surface area contributed by atoms with Gasteiger partial charge >= 0.3 is 0 Å². The van der Waals surface area contributed by atoms with Gasteiger partial charge in [-0.05, 0) is 68.1 Å². The first-order valence-corrected chi connectivity index (χ1v) is 10.0. The van der Waals surface area contributed by atoms with E-state index in [0.29, 0.717) is 5.56 Å². The number of hydrogen-bond acceptors (Lipinski definition) is 3. The summed E-state index contributed by atoms with van der Waals surface area (Å²) in [4.78, 5) is 24.7. The lowest BCUT2D eigenvalue weighted by atomic mass is 9.95. The van der Waals surface area contributed by atoms with E-state index in [1.807, 2.05) is 44.2 Å². The summed E-state index contributed by atoms with van der Waals surface area (Å²) >= 11 is 0. The zero-order valence-corrected chi connectivity index (χ0v) is 16.7. The maximum atomic E-state index is 12.5. The van der Waals surface area contributed by atoms with Crippen LogP contribution in [-0.4, -0.2) is 24.4 Å². The predicted octanol–water partition coefficient (Wildman–Crippen LogP) is 4.42. The lowest BCUT2D eigenvalue weighted by Crippen LogP contribution is -2.36. The Morgan fingerprint density at radius 1 is 0.929 bits per heavy atom. The van der Waals surface area contributed by atoms with Gasteiger partial charge in [0.25, 0.3) is 5.91 Å². The Morgan fingerprint density at radius 3 is 2.46 bits per heavy atom. The largest absolute Gasteiger partial charge is 0.376 e. The molecule has 0 atom stereocenters. The molecule has 2 aromatic carbocycles. The maximum absolute atomic E-state index is 12.5. The third-order valence-corrected chi connectivity index (χ3v) is 5.31. The van der Waals surface area contributed by atoms with Crippen molar-refractivity contribution in [3.8, 4) is 0 Å². The van der Waals surface area contributed by atoms with E-state index in [9.17, 15) is 9.59 Å². The highest BCUT2D eigenvalue weighted by Crippen LogP contribution is 2.19.